The van der Waals surface area contributed by atoms with E-state index in [0.29, 0.717) is 19.6 Å². The van der Waals surface area contributed by atoms with E-state index in [9.17, 15) is 9.90 Å². The molecule has 6 heteroatoms. The molecule has 1 aliphatic rings. The maximum atomic E-state index is 12.8. The van der Waals surface area contributed by atoms with Crippen LogP contribution in [0.3, 0.4) is 0 Å². The number of carbonyl (C=O) groups is 1. The number of thiophene rings is 1. The number of rotatable bonds is 6. The Kier molecular flexibility index (Phi) is 6.12. The molecular weight excluding hydrogens is 382 g/mol. The fourth-order valence-electron chi connectivity index (χ4n) is 3.66. The molecule has 0 spiro atoms. The first-order chi connectivity index (χ1) is 14.2. The van der Waals surface area contributed by atoms with Crippen molar-refractivity contribution in [1.82, 2.24) is 10.2 Å². The summed E-state index contributed by atoms with van der Waals surface area (Å²) in [4.78, 5) is 18.2. The van der Waals surface area contributed by atoms with E-state index in [-0.39, 0.29) is 17.7 Å². The Bertz CT molecular complexity index is 905. The summed E-state index contributed by atoms with van der Waals surface area (Å²) >= 11 is 1.70. The van der Waals surface area contributed by atoms with Gasteiger partial charge in [0.15, 0.2) is 0 Å². The molecule has 1 aromatic heterocycles. The maximum absolute atomic E-state index is 12.8. The molecule has 0 aliphatic carbocycles. The Balaban J connectivity index is 1.34. The van der Waals surface area contributed by atoms with E-state index >= 15 is 0 Å². The number of hydrogen-bond acceptors (Lipinski definition) is 5. The van der Waals surface area contributed by atoms with Gasteiger partial charge in [-0.2, -0.15) is 0 Å². The lowest BCUT2D eigenvalue weighted by molar-refractivity contribution is -0.130. The Morgan fingerprint density at radius 2 is 1.69 bits per heavy atom. The molecule has 0 saturated carbocycles. The summed E-state index contributed by atoms with van der Waals surface area (Å²) in [5.74, 6) is 0.403. The summed E-state index contributed by atoms with van der Waals surface area (Å²) in [6.45, 7) is 3.32. The summed E-state index contributed by atoms with van der Waals surface area (Å²) in [6.07, 6.45) is 0. The predicted octanol–water partition coefficient (Wildman–Crippen LogP) is 3.48. The number of phenols is 1. The Labute approximate surface area is 175 Å². The van der Waals surface area contributed by atoms with Crippen molar-refractivity contribution in [3.05, 3.63) is 82.6 Å². The number of nitrogens with one attached hydrogen (secondary N) is 1. The van der Waals surface area contributed by atoms with Gasteiger partial charge in [-0.05, 0) is 41.3 Å². The molecule has 2 heterocycles. The van der Waals surface area contributed by atoms with Crippen LogP contribution >= 0.6 is 11.3 Å². The van der Waals surface area contributed by atoms with Gasteiger partial charge in [-0.3, -0.25) is 10.1 Å². The Morgan fingerprint density at radius 3 is 2.34 bits per heavy atom. The summed E-state index contributed by atoms with van der Waals surface area (Å²) in [5.41, 5.74) is 2.25. The molecule has 0 unspecified atom stereocenters. The second-order valence-electron chi connectivity index (χ2n) is 7.12. The van der Waals surface area contributed by atoms with Crippen molar-refractivity contribution in [3.8, 4) is 5.75 Å². The van der Waals surface area contributed by atoms with Crippen molar-refractivity contribution in [1.29, 1.82) is 0 Å². The third-order valence-corrected chi connectivity index (χ3v) is 6.20. The van der Waals surface area contributed by atoms with E-state index in [2.05, 4.69) is 33.8 Å². The Morgan fingerprint density at radius 1 is 0.966 bits per heavy atom. The van der Waals surface area contributed by atoms with Crippen LogP contribution in [-0.4, -0.2) is 48.6 Å². The summed E-state index contributed by atoms with van der Waals surface area (Å²) < 4.78 is 0. The summed E-state index contributed by atoms with van der Waals surface area (Å²) in [7, 11) is 0. The molecule has 2 N–H and O–H groups in total. The Hall–Kier alpha value is -2.83. The van der Waals surface area contributed by atoms with E-state index < -0.39 is 0 Å². The van der Waals surface area contributed by atoms with Crippen molar-refractivity contribution in [2.24, 2.45) is 0 Å². The fourth-order valence-corrected chi connectivity index (χ4v) is 4.49. The molecule has 29 heavy (non-hydrogen) atoms. The van der Waals surface area contributed by atoms with Gasteiger partial charge < -0.3 is 14.9 Å². The van der Waals surface area contributed by atoms with E-state index in [1.165, 1.54) is 10.4 Å². The number of benzene rings is 2. The normalized spacial score (nSPS) is 15.3. The number of aromatic hydroxyl groups is 1. The largest absolute Gasteiger partial charge is 0.508 e. The number of anilines is 1. The highest BCUT2D eigenvalue weighted by Crippen LogP contribution is 2.26. The monoisotopic (exact) mass is 407 g/mol. The van der Waals surface area contributed by atoms with Crippen molar-refractivity contribution < 1.29 is 9.90 Å². The van der Waals surface area contributed by atoms with Crippen LogP contribution < -0.4 is 10.2 Å². The zero-order chi connectivity index (χ0) is 20.1. The molecule has 2 aromatic carbocycles. The first-order valence-electron chi connectivity index (χ1n) is 9.84. The number of hydrogen-bond donors (Lipinski definition) is 2. The van der Waals surface area contributed by atoms with Crippen LogP contribution in [0.15, 0.2) is 72.1 Å². The molecule has 0 radical (unpaired) electrons. The molecule has 1 saturated heterocycles. The molecule has 1 amide bonds. The van der Waals surface area contributed by atoms with Crippen molar-refractivity contribution in [3.63, 3.8) is 0 Å². The highest BCUT2D eigenvalue weighted by molar-refractivity contribution is 7.10. The predicted molar refractivity (Wildman–Crippen MR) is 118 cm³/mol. The first kappa shape index (κ1) is 19.5. The van der Waals surface area contributed by atoms with Gasteiger partial charge in [0, 0.05) is 36.7 Å². The second-order valence-corrected chi connectivity index (χ2v) is 8.10. The number of piperazine rings is 1. The average Bonchev–Trinajstić information content (AvgIpc) is 3.30. The summed E-state index contributed by atoms with van der Waals surface area (Å²) in [6, 6.07) is 21.7. The molecular formula is C23H25N3O2S. The van der Waals surface area contributed by atoms with Gasteiger partial charge >= 0.3 is 0 Å². The van der Waals surface area contributed by atoms with Gasteiger partial charge in [-0.1, -0.05) is 36.4 Å². The molecule has 3 aromatic rings. The van der Waals surface area contributed by atoms with Crippen LogP contribution in [0.4, 0.5) is 5.69 Å². The van der Waals surface area contributed by atoms with Gasteiger partial charge in [0.25, 0.3) is 0 Å². The van der Waals surface area contributed by atoms with Crippen molar-refractivity contribution in [2.45, 2.75) is 6.04 Å². The standard InChI is InChI=1S/C23H25N3O2S/c27-20-10-8-19(9-11-20)25-12-14-26(15-13-25)22(28)17-24-23(21-7-4-16-29-21)18-5-2-1-3-6-18/h1-11,16,23-24,27H,12-15,17H2/t23-/m0/s1. The van der Waals surface area contributed by atoms with Gasteiger partial charge in [-0.15, -0.1) is 11.3 Å². The van der Waals surface area contributed by atoms with Crippen LogP contribution in [0.2, 0.25) is 0 Å². The van der Waals surface area contributed by atoms with Crippen molar-refractivity contribution in [2.75, 3.05) is 37.6 Å². The molecule has 1 fully saturated rings. The molecule has 0 bridgehead atoms. The SMILES string of the molecule is O=C(CN[C@@H](c1ccccc1)c1cccs1)N1CCN(c2ccc(O)cc2)CC1. The number of nitrogens with zero attached hydrogens (tertiary/aromatic N) is 2. The van der Waals surface area contributed by atoms with Crippen LogP contribution in [0.5, 0.6) is 5.75 Å². The minimum Gasteiger partial charge on any atom is -0.508 e. The topological polar surface area (TPSA) is 55.8 Å². The maximum Gasteiger partial charge on any atom is 0.236 e. The number of amides is 1. The van der Waals surface area contributed by atoms with Gasteiger partial charge in [0.2, 0.25) is 5.91 Å². The van der Waals surface area contributed by atoms with Gasteiger partial charge in [0.1, 0.15) is 5.75 Å². The molecule has 150 valence electrons. The minimum absolute atomic E-state index is 0.0263. The molecule has 1 aliphatic heterocycles. The lowest BCUT2D eigenvalue weighted by atomic mass is 10.1. The number of carbonyl (C=O) groups excluding carboxylic acids is 1. The lowest BCUT2D eigenvalue weighted by Crippen LogP contribution is -2.51. The molecule has 5 nitrogen and oxygen atoms in total. The van der Waals surface area contributed by atoms with Gasteiger partial charge in [0.05, 0.1) is 12.6 Å². The third-order valence-electron chi connectivity index (χ3n) is 5.27. The van der Waals surface area contributed by atoms with E-state index in [0.717, 1.165) is 18.8 Å². The number of phenolic OH excluding ortho intramolecular Hbond substituents is 1. The van der Waals surface area contributed by atoms with Crippen LogP contribution in [0.25, 0.3) is 0 Å². The fraction of sp³-hybridized carbons (Fsp3) is 0.261. The smallest absolute Gasteiger partial charge is 0.236 e. The minimum atomic E-state index is 0.0263. The highest BCUT2D eigenvalue weighted by atomic mass is 32.1. The van der Waals surface area contributed by atoms with Crippen LogP contribution in [-0.2, 0) is 4.79 Å². The van der Waals surface area contributed by atoms with Crippen LogP contribution in [0, 0.1) is 0 Å². The third kappa shape index (κ3) is 4.78. The first-order valence-corrected chi connectivity index (χ1v) is 10.7. The second kappa shape index (κ2) is 9.11. The van der Waals surface area contributed by atoms with E-state index in [1.54, 1.807) is 23.5 Å². The summed E-state index contributed by atoms with van der Waals surface area (Å²) in [5, 5.41) is 15.0. The van der Waals surface area contributed by atoms with Gasteiger partial charge in [-0.25, -0.2) is 0 Å². The van der Waals surface area contributed by atoms with Crippen molar-refractivity contribution >= 4 is 22.9 Å². The van der Waals surface area contributed by atoms with E-state index in [4.69, 9.17) is 0 Å². The lowest BCUT2D eigenvalue weighted by Gasteiger charge is -2.36. The molecule has 1 atom stereocenters. The highest BCUT2D eigenvalue weighted by Gasteiger charge is 2.23. The quantitative estimate of drug-likeness (QED) is 0.657. The zero-order valence-corrected chi connectivity index (χ0v) is 17.0. The molecule has 4 rings (SSSR count). The average molecular weight is 408 g/mol. The van der Waals surface area contributed by atoms with Crippen LogP contribution in [0.1, 0.15) is 16.5 Å². The zero-order valence-electron chi connectivity index (χ0n) is 16.2. The van der Waals surface area contributed by atoms with E-state index in [1.807, 2.05) is 41.3 Å².